The minimum atomic E-state index is -5.18. The van der Waals surface area contributed by atoms with Crippen LogP contribution in [0, 0.1) is 10.1 Å². The average Bonchev–Trinajstić information content (AvgIpc) is 2.15. The molecule has 0 amide bonds. The lowest BCUT2D eigenvalue weighted by molar-refractivity contribution is -0.385. The lowest BCUT2D eigenvalue weighted by Gasteiger charge is -1.98. The number of carboxylic acid groups (broad SMARTS) is 1. The van der Waals surface area contributed by atoms with E-state index in [1.807, 2.05) is 0 Å². The summed E-state index contributed by atoms with van der Waals surface area (Å²) in [6.07, 6.45) is 0. The molecule has 0 saturated carbocycles. The van der Waals surface area contributed by atoms with Crippen LogP contribution in [0.5, 0.6) is 0 Å². The van der Waals surface area contributed by atoms with Crippen LogP contribution in [0.4, 0.5) is 9.57 Å². The molecule has 0 unspecified atom stereocenters. The van der Waals surface area contributed by atoms with E-state index in [2.05, 4.69) is 0 Å². The van der Waals surface area contributed by atoms with Crippen molar-refractivity contribution >= 4 is 21.9 Å². The van der Waals surface area contributed by atoms with E-state index in [0.29, 0.717) is 18.2 Å². The molecule has 0 aromatic heterocycles. The molecule has 0 spiro atoms. The highest BCUT2D eigenvalue weighted by atomic mass is 32.3. The molecule has 0 saturated heterocycles. The third-order valence-corrected chi connectivity index (χ3v) is 2.43. The molecule has 1 N–H and O–H groups in total. The molecule has 0 fully saturated rings. The molecule has 1 aromatic rings. The summed E-state index contributed by atoms with van der Waals surface area (Å²) in [4.78, 5) is 18.8. The summed E-state index contributed by atoms with van der Waals surface area (Å²) in [6, 6.07) is 1.59. The van der Waals surface area contributed by atoms with Crippen molar-refractivity contribution in [2.75, 3.05) is 0 Å². The number of nitro benzene ring substituents is 1. The predicted molar refractivity (Wildman–Crippen MR) is 48.3 cm³/mol. The average molecular weight is 249 g/mol. The SMILES string of the molecule is O=C(O)c1cc([N+](=O)[O-])cc(S(=O)(=O)F)c1. The van der Waals surface area contributed by atoms with Gasteiger partial charge in [-0.05, 0) is 6.07 Å². The molecule has 1 aromatic carbocycles. The maximum atomic E-state index is 12.6. The monoisotopic (exact) mass is 249 g/mol. The quantitative estimate of drug-likeness (QED) is 0.484. The van der Waals surface area contributed by atoms with Gasteiger partial charge in [-0.3, -0.25) is 10.1 Å². The summed E-state index contributed by atoms with van der Waals surface area (Å²) >= 11 is 0. The number of benzene rings is 1. The lowest BCUT2D eigenvalue weighted by Crippen LogP contribution is -2.02. The molecule has 0 aliphatic carbocycles. The number of halogens is 1. The molecule has 0 radical (unpaired) electrons. The van der Waals surface area contributed by atoms with Crippen LogP contribution in [-0.4, -0.2) is 24.4 Å². The van der Waals surface area contributed by atoms with E-state index in [4.69, 9.17) is 5.11 Å². The number of rotatable bonds is 3. The minimum Gasteiger partial charge on any atom is -0.478 e. The second kappa shape index (κ2) is 3.85. The molecule has 0 bridgehead atoms. The predicted octanol–water partition coefficient (Wildman–Crippen LogP) is 0.951. The first kappa shape index (κ1) is 12.0. The first-order valence-electron chi connectivity index (χ1n) is 3.69. The van der Waals surface area contributed by atoms with Gasteiger partial charge in [-0.15, -0.1) is 3.89 Å². The van der Waals surface area contributed by atoms with Gasteiger partial charge in [-0.25, -0.2) is 4.79 Å². The number of aromatic carboxylic acids is 1. The molecule has 0 atom stereocenters. The maximum Gasteiger partial charge on any atom is 0.335 e. The Morgan fingerprint density at radius 1 is 1.38 bits per heavy atom. The first-order valence-corrected chi connectivity index (χ1v) is 5.07. The van der Waals surface area contributed by atoms with Crippen molar-refractivity contribution in [3.63, 3.8) is 0 Å². The van der Waals surface area contributed by atoms with Gasteiger partial charge in [0.05, 0.1) is 10.5 Å². The van der Waals surface area contributed by atoms with Gasteiger partial charge in [0.1, 0.15) is 4.90 Å². The Labute approximate surface area is 88.5 Å². The summed E-state index contributed by atoms with van der Waals surface area (Å²) in [6.45, 7) is 0. The van der Waals surface area contributed by atoms with Gasteiger partial charge in [0, 0.05) is 12.1 Å². The van der Waals surface area contributed by atoms with Crippen molar-refractivity contribution in [3.05, 3.63) is 33.9 Å². The first-order chi connectivity index (χ1) is 7.21. The Kier molecular flexibility index (Phi) is 2.90. The fraction of sp³-hybridized carbons (Fsp3) is 0. The van der Waals surface area contributed by atoms with Gasteiger partial charge in [0.25, 0.3) is 5.69 Å². The summed E-state index contributed by atoms with van der Waals surface area (Å²) in [5.74, 6) is -1.59. The molecule has 7 nitrogen and oxygen atoms in total. The summed E-state index contributed by atoms with van der Waals surface area (Å²) in [7, 11) is -5.18. The van der Waals surface area contributed by atoms with Crippen LogP contribution in [0.3, 0.4) is 0 Å². The Balaban J connectivity index is 3.54. The van der Waals surface area contributed by atoms with Crippen molar-refractivity contribution < 1.29 is 27.1 Å². The van der Waals surface area contributed by atoms with Crippen LogP contribution in [0.25, 0.3) is 0 Å². The van der Waals surface area contributed by atoms with Gasteiger partial charge < -0.3 is 5.11 Å². The Morgan fingerprint density at radius 2 is 1.94 bits per heavy atom. The van der Waals surface area contributed by atoms with Crippen LogP contribution in [0.2, 0.25) is 0 Å². The van der Waals surface area contributed by atoms with E-state index in [0.717, 1.165) is 0 Å². The molecule has 0 heterocycles. The number of carbonyl (C=O) groups is 1. The van der Waals surface area contributed by atoms with Crippen LogP contribution in [0.1, 0.15) is 10.4 Å². The van der Waals surface area contributed by atoms with E-state index in [-0.39, 0.29) is 0 Å². The van der Waals surface area contributed by atoms with Crippen LogP contribution >= 0.6 is 0 Å². The molecule has 9 heteroatoms. The second-order valence-electron chi connectivity index (χ2n) is 2.72. The highest BCUT2D eigenvalue weighted by Crippen LogP contribution is 2.22. The molecule has 16 heavy (non-hydrogen) atoms. The second-order valence-corrected chi connectivity index (χ2v) is 4.06. The minimum absolute atomic E-state index is 0.446. The summed E-state index contributed by atoms with van der Waals surface area (Å²) in [5, 5.41) is 18.9. The van der Waals surface area contributed by atoms with Crippen LogP contribution < -0.4 is 0 Å². The number of nitrogens with zero attached hydrogens (tertiary/aromatic N) is 1. The van der Waals surface area contributed by atoms with Gasteiger partial charge in [0.15, 0.2) is 0 Å². The highest BCUT2D eigenvalue weighted by Gasteiger charge is 2.20. The van der Waals surface area contributed by atoms with Gasteiger partial charge in [0.2, 0.25) is 0 Å². The summed E-state index contributed by atoms with van der Waals surface area (Å²) < 4.78 is 33.6. The standard InChI is InChI=1S/C7H4FNO6S/c8-16(14,15)6-2-4(7(10)11)1-5(3-6)9(12)13/h1-3H,(H,10,11). The zero-order valence-corrected chi connectivity index (χ0v) is 8.27. The molecule has 1 rings (SSSR count). The van der Waals surface area contributed by atoms with E-state index < -0.39 is 37.3 Å². The van der Waals surface area contributed by atoms with E-state index in [1.165, 1.54) is 0 Å². The molecule has 86 valence electrons. The van der Waals surface area contributed by atoms with E-state index in [1.54, 1.807) is 0 Å². The topological polar surface area (TPSA) is 115 Å². The zero-order valence-electron chi connectivity index (χ0n) is 7.45. The van der Waals surface area contributed by atoms with Crippen molar-refractivity contribution in [2.45, 2.75) is 4.90 Å². The summed E-state index contributed by atoms with van der Waals surface area (Å²) in [5.41, 5.74) is -1.48. The number of carboxylic acids is 1. The smallest absolute Gasteiger partial charge is 0.335 e. The Morgan fingerprint density at radius 3 is 2.31 bits per heavy atom. The van der Waals surface area contributed by atoms with E-state index in [9.17, 15) is 27.2 Å². The van der Waals surface area contributed by atoms with Gasteiger partial charge in [-0.1, -0.05) is 0 Å². The lowest BCUT2D eigenvalue weighted by atomic mass is 10.2. The maximum absolute atomic E-state index is 12.6. The number of nitro groups is 1. The fourth-order valence-electron chi connectivity index (χ4n) is 0.953. The van der Waals surface area contributed by atoms with Crippen LogP contribution in [-0.2, 0) is 10.2 Å². The van der Waals surface area contributed by atoms with Crippen molar-refractivity contribution in [3.8, 4) is 0 Å². The van der Waals surface area contributed by atoms with Crippen molar-refractivity contribution in [1.29, 1.82) is 0 Å². The van der Waals surface area contributed by atoms with Gasteiger partial charge in [-0.2, -0.15) is 8.42 Å². The molecular weight excluding hydrogens is 245 g/mol. The largest absolute Gasteiger partial charge is 0.478 e. The van der Waals surface area contributed by atoms with Crippen molar-refractivity contribution in [1.82, 2.24) is 0 Å². The Hall–Kier alpha value is -2.03. The Bertz CT molecular complexity index is 534. The molecule has 0 aliphatic heterocycles. The number of non-ortho nitro benzene ring substituents is 1. The van der Waals surface area contributed by atoms with Crippen LogP contribution in [0.15, 0.2) is 23.1 Å². The van der Waals surface area contributed by atoms with Crippen molar-refractivity contribution in [2.24, 2.45) is 0 Å². The fourth-order valence-corrected chi connectivity index (χ4v) is 1.48. The number of hydrogen-bond acceptors (Lipinski definition) is 5. The highest BCUT2D eigenvalue weighted by molar-refractivity contribution is 7.86. The molecular formula is C7H4FNO6S. The third-order valence-electron chi connectivity index (χ3n) is 1.63. The third kappa shape index (κ3) is 2.51. The molecule has 0 aliphatic rings. The number of hydrogen-bond donors (Lipinski definition) is 1. The van der Waals surface area contributed by atoms with E-state index >= 15 is 0 Å². The van der Waals surface area contributed by atoms with Gasteiger partial charge >= 0.3 is 16.2 Å². The normalized spacial score (nSPS) is 11.1. The zero-order chi connectivity index (χ0) is 12.5.